The molecule has 0 spiro atoms. The topological polar surface area (TPSA) is 81.1 Å². The van der Waals surface area contributed by atoms with Crippen LogP contribution in [0.2, 0.25) is 0 Å². The minimum absolute atomic E-state index is 0.0535. The molecule has 1 aromatic rings. The molecule has 14 heavy (non-hydrogen) atoms. The average molecular weight is 309 g/mol. The Morgan fingerprint density at radius 3 is 3.07 bits per heavy atom. The van der Waals surface area contributed by atoms with E-state index in [1.54, 1.807) is 6.07 Å². The maximum atomic E-state index is 11.5. The molecule has 0 radical (unpaired) electrons. The fraction of sp³-hybridized carbons (Fsp3) is 0.500. The van der Waals surface area contributed by atoms with Crippen LogP contribution in [0, 0.1) is 0 Å². The third-order valence-electron chi connectivity index (χ3n) is 1.65. The van der Waals surface area contributed by atoms with Gasteiger partial charge in [0.05, 0.1) is 4.43 Å². The quantitative estimate of drug-likeness (QED) is 0.633. The number of halogens is 1. The number of nitrogens with zero attached hydrogens (tertiary/aromatic N) is 1. The number of aromatic nitrogens is 1. The molecule has 0 aromatic carbocycles. The molecule has 0 bridgehead atoms. The van der Waals surface area contributed by atoms with Crippen molar-refractivity contribution < 1.29 is 9.32 Å². The van der Waals surface area contributed by atoms with Crippen molar-refractivity contribution >= 4 is 28.5 Å². The molecular weight excluding hydrogens is 297 g/mol. The minimum Gasteiger partial charge on any atom is -0.360 e. The van der Waals surface area contributed by atoms with Crippen LogP contribution in [0.3, 0.4) is 0 Å². The van der Waals surface area contributed by atoms with Gasteiger partial charge >= 0.3 is 0 Å². The lowest BCUT2D eigenvalue weighted by Gasteiger charge is -2.08. The van der Waals surface area contributed by atoms with Gasteiger partial charge in [0, 0.05) is 18.7 Å². The number of nitrogens with one attached hydrogen (secondary N) is 1. The predicted octanol–water partition coefficient (Wildman–Crippen LogP) is 0.687. The van der Waals surface area contributed by atoms with E-state index in [1.165, 1.54) is 0 Å². The molecule has 0 saturated heterocycles. The second-order valence-electron chi connectivity index (χ2n) is 2.92. The molecule has 0 aliphatic carbocycles. The Hall–Kier alpha value is -0.630. The lowest BCUT2D eigenvalue weighted by molar-refractivity contribution is 0.0932. The normalized spacial score (nSPS) is 12.5. The number of rotatable bonds is 4. The van der Waals surface area contributed by atoms with Gasteiger partial charge in [-0.2, -0.15) is 0 Å². The molecule has 6 heteroatoms. The van der Waals surface area contributed by atoms with E-state index in [0.717, 1.165) is 0 Å². The van der Waals surface area contributed by atoms with Crippen LogP contribution in [-0.4, -0.2) is 23.7 Å². The van der Waals surface area contributed by atoms with Crippen LogP contribution in [0.15, 0.2) is 10.6 Å². The highest BCUT2D eigenvalue weighted by atomic mass is 127. The smallest absolute Gasteiger partial charge is 0.273 e. The summed E-state index contributed by atoms with van der Waals surface area (Å²) >= 11 is 2.14. The Kier molecular flexibility index (Phi) is 4.33. The maximum absolute atomic E-state index is 11.5. The van der Waals surface area contributed by atoms with E-state index in [4.69, 9.17) is 10.3 Å². The molecule has 0 aliphatic heterocycles. The molecule has 1 amide bonds. The van der Waals surface area contributed by atoms with Gasteiger partial charge in [0.1, 0.15) is 5.76 Å². The van der Waals surface area contributed by atoms with Crippen molar-refractivity contribution in [3.8, 4) is 0 Å². The number of alkyl halides is 1. The first-order chi connectivity index (χ1) is 6.67. The van der Waals surface area contributed by atoms with Gasteiger partial charge in [-0.1, -0.05) is 27.7 Å². The molecule has 78 valence electrons. The molecule has 3 N–H and O–H groups in total. The van der Waals surface area contributed by atoms with Gasteiger partial charge in [0.15, 0.2) is 5.69 Å². The summed E-state index contributed by atoms with van der Waals surface area (Å²) in [7, 11) is 0. The number of hydrogen-bond donors (Lipinski definition) is 2. The van der Waals surface area contributed by atoms with Gasteiger partial charge in [0.25, 0.3) is 5.91 Å². The first kappa shape index (κ1) is 11.4. The summed E-state index contributed by atoms with van der Waals surface area (Å²) in [5, 5.41) is 6.34. The highest BCUT2D eigenvalue weighted by Crippen LogP contribution is 2.07. The zero-order chi connectivity index (χ0) is 10.6. The fourth-order valence-electron chi connectivity index (χ4n) is 0.840. The summed E-state index contributed by atoms with van der Waals surface area (Å²) in [5.41, 5.74) is 5.67. The van der Waals surface area contributed by atoms with Crippen molar-refractivity contribution in [1.29, 1.82) is 0 Å². The minimum atomic E-state index is -0.247. The second-order valence-corrected chi connectivity index (χ2v) is 3.69. The summed E-state index contributed by atoms with van der Waals surface area (Å²) < 4.78 is 5.60. The second kappa shape index (κ2) is 5.30. The van der Waals surface area contributed by atoms with Gasteiger partial charge in [-0.3, -0.25) is 4.79 Å². The molecule has 0 saturated carbocycles. The SMILES string of the molecule is CC(CN)NC(=O)c1cc(CI)on1. The molecular formula is C8H12IN3O2. The van der Waals surface area contributed by atoms with E-state index in [0.29, 0.717) is 22.4 Å². The van der Waals surface area contributed by atoms with E-state index in [9.17, 15) is 4.79 Å². The van der Waals surface area contributed by atoms with Crippen LogP contribution in [-0.2, 0) is 4.43 Å². The van der Waals surface area contributed by atoms with Crippen molar-refractivity contribution in [1.82, 2.24) is 10.5 Å². The van der Waals surface area contributed by atoms with Gasteiger partial charge in [0.2, 0.25) is 0 Å². The standard InChI is InChI=1S/C8H12IN3O2/c1-5(4-10)11-8(13)7-2-6(3-9)14-12-7/h2,5H,3-4,10H2,1H3,(H,11,13). The zero-order valence-corrected chi connectivity index (χ0v) is 9.95. The van der Waals surface area contributed by atoms with Gasteiger partial charge in [-0.15, -0.1) is 0 Å². The lowest BCUT2D eigenvalue weighted by Crippen LogP contribution is -2.37. The third-order valence-corrected chi connectivity index (χ3v) is 2.41. The van der Waals surface area contributed by atoms with E-state index in [1.807, 2.05) is 6.92 Å². The molecule has 1 heterocycles. The van der Waals surface area contributed by atoms with Crippen LogP contribution in [0.4, 0.5) is 0 Å². The molecule has 1 unspecified atom stereocenters. The summed E-state index contributed by atoms with van der Waals surface area (Å²) in [6.07, 6.45) is 0. The predicted molar refractivity (Wildman–Crippen MR) is 60.2 cm³/mol. The van der Waals surface area contributed by atoms with E-state index in [2.05, 4.69) is 33.1 Å². The van der Waals surface area contributed by atoms with Crippen LogP contribution in [0.1, 0.15) is 23.2 Å². The van der Waals surface area contributed by atoms with E-state index >= 15 is 0 Å². The van der Waals surface area contributed by atoms with Gasteiger partial charge in [-0.05, 0) is 6.92 Å². The first-order valence-corrected chi connectivity index (χ1v) is 5.72. The molecule has 1 atom stereocenters. The van der Waals surface area contributed by atoms with E-state index in [-0.39, 0.29) is 11.9 Å². The summed E-state index contributed by atoms with van der Waals surface area (Å²) in [6.45, 7) is 2.24. The van der Waals surface area contributed by atoms with Crippen LogP contribution < -0.4 is 11.1 Å². The van der Waals surface area contributed by atoms with E-state index < -0.39 is 0 Å². The van der Waals surface area contributed by atoms with Gasteiger partial charge < -0.3 is 15.6 Å². The summed E-state index contributed by atoms with van der Waals surface area (Å²) in [5.74, 6) is 0.443. The highest BCUT2D eigenvalue weighted by Gasteiger charge is 2.13. The lowest BCUT2D eigenvalue weighted by atomic mass is 10.3. The number of carbonyl (C=O) groups is 1. The van der Waals surface area contributed by atoms with Crippen molar-refractivity contribution in [2.75, 3.05) is 6.54 Å². The van der Waals surface area contributed by atoms with Crippen molar-refractivity contribution in [3.63, 3.8) is 0 Å². The zero-order valence-electron chi connectivity index (χ0n) is 7.79. The number of amides is 1. The van der Waals surface area contributed by atoms with Crippen LogP contribution in [0.5, 0.6) is 0 Å². The highest BCUT2D eigenvalue weighted by molar-refractivity contribution is 14.1. The Morgan fingerprint density at radius 1 is 1.86 bits per heavy atom. The number of nitrogens with two attached hydrogens (primary N) is 1. The van der Waals surface area contributed by atoms with Gasteiger partial charge in [-0.25, -0.2) is 0 Å². The Labute approximate surface area is 95.5 Å². The fourth-order valence-corrected chi connectivity index (χ4v) is 1.20. The summed E-state index contributed by atoms with van der Waals surface area (Å²) in [4.78, 5) is 11.5. The number of carbonyl (C=O) groups excluding carboxylic acids is 1. The summed E-state index contributed by atoms with van der Waals surface area (Å²) in [6, 6.07) is 1.58. The number of hydrogen-bond acceptors (Lipinski definition) is 4. The van der Waals surface area contributed by atoms with Crippen molar-refractivity contribution in [2.45, 2.75) is 17.4 Å². The van der Waals surface area contributed by atoms with Crippen LogP contribution >= 0.6 is 22.6 Å². The van der Waals surface area contributed by atoms with Crippen molar-refractivity contribution in [2.24, 2.45) is 5.73 Å². The molecule has 1 aromatic heterocycles. The van der Waals surface area contributed by atoms with Crippen molar-refractivity contribution in [3.05, 3.63) is 17.5 Å². The molecule has 0 fully saturated rings. The monoisotopic (exact) mass is 309 g/mol. The Balaban J connectivity index is 2.60. The molecule has 5 nitrogen and oxygen atoms in total. The Bertz CT molecular complexity index is 313. The first-order valence-electron chi connectivity index (χ1n) is 4.20. The molecule has 0 aliphatic rings. The van der Waals surface area contributed by atoms with Crippen LogP contribution in [0.25, 0.3) is 0 Å². The molecule has 1 rings (SSSR count). The average Bonchev–Trinajstić information content (AvgIpc) is 2.65. The maximum Gasteiger partial charge on any atom is 0.273 e. The largest absolute Gasteiger partial charge is 0.360 e. The third kappa shape index (κ3) is 2.95. The Morgan fingerprint density at radius 2 is 2.57 bits per heavy atom.